The summed E-state index contributed by atoms with van der Waals surface area (Å²) in [5.74, 6) is -0.319. The number of nitrogens with zero attached hydrogens (tertiary/aromatic N) is 8. The van der Waals surface area contributed by atoms with Crippen LogP contribution in [-0.4, -0.2) is 86.2 Å². The molecular formula is C49H51Cl2F2I4N10O4SiV. The SMILES string of the molecule is CC(C)(C)[Si](C)(C)OC[C@H](c1ccc(Cl)c(F)c1)n1ccc(-c2ccnc(NC3=CC=NC3)n2)cc1=O.CI.O=c1cc(-c2ccnc(NC3=CC=NC3)n2)ccn1[C@H](CO)c1ccc(Cl)c(F)c1.[I][V]([I])[I]. The average molecular weight is 1540 g/mol. The van der Waals surface area contributed by atoms with Crippen molar-refractivity contribution in [1.82, 2.24) is 29.1 Å². The molecule has 3 N–H and O–H groups in total. The zero-order valence-corrected chi connectivity index (χ0v) is 52.8. The Labute approximate surface area is 485 Å². The third-order valence-corrected chi connectivity index (χ3v) is 16.7. The second kappa shape index (κ2) is 28.9. The van der Waals surface area contributed by atoms with Gasteiger partial charge in [-0.3, -0.25) is 19.6 Å². The van der Waals surface area contributed by atoms with Gasteiger partial charge in [-0.25, -0.2) is 28.7 Å². The molecule has 4 aromatic heterocycles. The predicted molar refractivity (Wildman–Crippen MR) is 325 cm³/mol. The van der Waals surface area contributed by atoms with Gasteiger partial charge < -0.3 is 29.3 Å². The number of hydrogen-bond donors (Lipinski definition) is 3. The molecule has 0 saturated carbocycles. The van der Waals surface area contributed by atoms with E-state index in [2.05, 4.69) is 157 Å². The number of aliphatic imine (C=N–C) groups is 2. The molecule has 6 heterocycles. The summed E-state index contributed by atoms with van der Waals surface area (Å²) in [6.45, 7) is 11.7. The molecule has 6 aromatic rings. The van der Waals surface area contributed by atoms with Crippen molar-refractivity contribution in [2.75, 3.05) is 41.9 Å². The van der Waals surface area contributed by atoms with Crippen LogP contribution in [0.1, 0.15) is 44.0 Å². The molecule has 0 aliphatic carbocycles. The Hall–Kier alpha value is -3.00. The number of alkyl halides is 1. The number of pyridine rings is 2. The van der Waals surface area contributed by atoms with E-state index in [9.17, 15) is 23.5 Å². The Morgan fingerprint density at radius 2 is 1.15 bits per heavy atom. The molecule has 24 heteroatoms. The van der Waals surface area contributed by atoms with Crippen LogP contribution in [0.2, 0.25) is 28.2 Å². The quantitative estimate of drug-likeness (QED) is 0.0541. The molecule has 0 fully saturated rings. The maximum absolute atomic E-state index is 14.4. The molecule has 73 heavy (non-hydrogen) atoms. The van der Waals surface area contributed by atoms with Gasteiger partial charge >= 0.3 is 64.9 Å². The van der Waals surface area contributed by atoms with E-state index in [1.807, 2.05) is 23.1 Å². The van der Waals surface area contributed by atoms with Gasteiger partial charge in [0.1, 0.15) is 11.6 Å². The van der Waals surface area contributed by atoms with E-state index in [1.54, 1.807) is 72.1 Å². The normalized spacial score (nSPS) is 13.6. The van der Waals surface area contributed by atoms with E-state index in [0.717, 1.165) is 11.4 Å². The predicted octanol–water partition coefficient (Wildman–Crippen LogP) is 12.9. The zero-order valence-electron chi connectivity index (χ0n) is 40.3. The van der Waals surface area contributed by atoms with Crippen molar-refractivity contribution in [3.05, 3.63) is 175 Å². The monoisotopic (exact) mass is 1540 g/mol. The van der Waals surface area contributed by atoms with Crippen LogP contribution in [0.25, 0.3) is 22.5 Å². The molecule has 2 aromatic carbocycles. The Balaban J connectivity index is 0.000000248. The van der Waals surface area contributed by atoms with Crippen LogP contribution in [0, 0.1) is 11.6 Å². The molecule has 2 aliphatic rings. The molecule has 2 aliphatic heterocycles. The first-order valence-electron chi connectivity index (χ1n) is 22.1. The Kier molecular flexibility index (Phi) is 24.1. The van der Waals surface area contributed by atoms with Gasteiger partial charge in [-0.05, 0) is 94.9 Å². The first-order chi connectivity index (χ1) is 34.7. The van der Waals surface area contributed by atoms with Gasteiger partial charge in [0.25, 0.3) is 11.1 Å². The molecule has 0 spiro atoms. The van der Waals surface area contributed by atoms with Gasteiger partial charge in [0.2, 0.25) is 11.9 Å². The summed E-state index contributed by atoms with van der Waals surface area (Å²) in [6.07, 6.45) is 13.6. The molecule has 8 rings (SSSR count). The number of benzene rings is 2. The first kappa shape index (κ1) is 60.9. The van der Waals surface area contributed by atoms with Crippen molar-refractivity contribution in [2.24, 2.45) is 9.98 Å². The van der Waals surface area contributed by atoms with Crippen molar-refractivity contribution < 1.29 is 23.2 Å². The molecule has 0 amide bonds. The van der Waals surface area contributed by atoms with Gasteiger partial charge in [0, 0.05) is 71.9 Å². The summed E-state index contributed by atoms with van der Waals surface area (Å²) < 4.78 is 37.6. The number of aliphatic hydroxyl groups excluding tert-OH is 1. The molecule has 0 bridgehead atoms. The minimum absolute atomic E-state index is 0.0168. The topological polar surface area (TPSA) is 174 Å². The average Bonchev–Trinajstić information content (AvgIpc) is 4.08. The number of allylic oxidation sites excluding steroid dienone is 2. The van der Waals surface area contributed by atoms with Crippen LogP contribution in [0.15, 0.2) is 141 Å². The zero-order chi connectivity index (χ0) is 53.5. The van der Waals surface area contributed by atoms with E-state index >= 15 is 0 Å². The fraction of sp³-hybridized carbons (Fsp3) is 0.265. The molecule has 14 nitrogen and oxygen atoms in total. The molecule has 0 unspecified atom stereocenters. The van der Waals surface area contributed by atoms with Crippen LogP contribution in [0.4, 0.5) is 20.7 Å². The Bertz CT molecular complexity index is 3110. The Morgan fingerprint density at radius 1 is 0.726 bits per heavy atom. The van der Waals surface area contributed by atoms with Crippen LogP contribution < -0.4 is 21.8 Å². The standard InChI is InChI=1S/C27H31ClFN5O2Si.C21H17ClFN5O2.CH3I.3HI.V/c1-27(2,3)37(4,5)36-17-24(19-6-7-21(28)22(29)14-19)34-13-10-18(15-25(34)35)23-9-12-31-26(33-23)32-20-8-11-30-16-20;22-16-2-1-14(9-17(16)23)19(12-29)28-8-5-13(10-20(28)30)18-4-7-25-21(27-18)26-15-3-6-24-11-15;1-2;;;;/h6-15,24H,16-17H2,1-5H3,(H,31,32,33);1-10,19,29H,11-12H2,(H,25,26,27);1H3;3*1H;/q;;;;;;+3/p-3/t24-;19-;;;;;/m11...../s1. The van der Waals surface area contributed by atoms with Crippen molar-refractivity contribution in [1.29, 1.82) is 0 Å². The van der Waals surface area contributed by atoms with E-state index < -0.39 is 32.0 Å². The Morgan fingerprint density at radius 3 is 1.52 bits per heavy atom. The molecule has 0 saturated heterocycles. The van der Waals surface area contributed by atoms with E-state index in [0.29, 0.717) is 58.6 Å². The van der Waals surface area contributed by atoms with Gasteiger partial charge in [-0.2, -0.15) is 0 Å². The number of rotatable bonds is 14. The summed E-state index contributed by atoms with van der Waals surface area (Å²) in [6, 6.07) is 17.4. The number of aromatic nitrogens is 6. The fourth-order valence-corrected chi connectivity index (χ4v) is 7.99. The summed E-state index contributed by atoms with van der Waals surface area (Å²) in [4.78, 5) is 53.5. The van der Waals surface area contributed by atoms with Crippen molar-refractivity contribution in [3.63, 3.8) is 0 Å². The van der Waals surface area contributed by atoms with Crippen LogP contribution >= 0.6 is 106 Å². The van der Waals surface area contributed by atoms with Crippen LogP contribution in [0.5, 0.6) is 0 Å². The van der Waals surface area contributed by atoms with Crippen molar-refractivity contribution >= 4 is 138 Å². The summed E-state index contributed by atoms with van der Waals surface area (Å²) in [5.41, 5.74) is 4.62. The van der Waals surface area contributed by atoms with Gasteiger partial charge in [-0.1, -0.05) is 78.7 Å². The maximum atomic E-state index is 14.4. The van der Waals surface area contributed by atoms with E-state index in [4.69, 9.17) is 27.6 Å². The number of aliphatic hydroxyl groups is 1. The van der Waals surface area contributed by atoms with Gasteiger partial charge in [0.15, 0.2) is 8.32 Å². The summed E-state index contributed by atoms with van der Waals surface area (Å²) >= 11 is 21.2. The molecular weight excluding hydrogens is 1490 g/mol. The molecule has 2 atom stereocenters. The van der Waals surface area contributed by atoms with E-state index in [1.165, 1.54) is 41.0 Å². The summed E-state index contributed by atoms with van der Waals surface area (Å²) in [7, 11) is -2.13. The first-order valence-corrected chi connectivity index (χ1v) is 41.4. The third kappa shape index (κ3) is 17.8. The van der Waals surface area contributed by atoms with Gasteiger partial charge in [0.05, 0.1) is 59.8 Å². The number of nitrogens with one attached hydrogen (secondary N) is 2. The second-order valence-corrected chi connectivity index (χ2v) is 58.3. The fourth-order valence-electron chi connectivity index (χ4n) is 6.75. The van der Waals surface area contributed by atoms with Crippen LogP contribution in [-0.2, 0) is 9.35 Å². The minimum atomic E-state index is -2.13. The number of hydrogen-bond acceptors (Lipinski definition) is 12. The molecule has 0 radical (unpaired) electrons. The second-order valence-electron chi connectivity index (χ2n) is 17.3. The number of halogens is 8. The molecule has 386 valence electrons. The third-order valence-electron chi connectivity index (χ3n) is 11.5. The van der Waals surface area contributed by atoms with E-state index in [-0.39, 0.29) is 44.3 Å². The van der Waals surface area contributed by atoms with Crippen LogP contribution in [0.3, 0.4) is 0 Å². The van der Waals surface area contributed by atoms with Crippen molar-refractivity contribution in [2.45, 2.75) is 51.0 Å². The number of anilines is 2. The van der Waals surface area contributed by atoms with Gasteiger partial charge in [-0.15, -0.1) is 0 Å². The summed E-state index contributed by atoms with van der Waals surface area (Å²) in [5, 5.41) is 16.0. The van der Waals surface area contributed by atoms with Crippen molar-refractivity contribution in [3.8, 4) is 22.5 Å².